The molecule has 1 aromatic carbocycles. The molecule has 2 N–H and O–H groups in total. The van der Waals surface area contributed by atoms with Crippen molar-refractivity contribution in [2.45, 2.75) is 19.3 Å². The number of nitrogens with two attached hydrogens (primary N) is 1. The largest absolute Gasteiger partial charge is 0.399 e. The van der Waals surface area contributed by atoms with Gasteiger partial charge < -0.3 is 10.6 Å². The van der Waals surface area contributed by atoms with Gasteiger partial charge in [-0.2, -0.15) is 0 Å². The molecule has 0 saturated carbocycles. The molecule has 3 nitrogen and oxygen atoms in total. The van der Waals surface area contributed by atoms with Gasteiger partial charge in [-0.1, -0.05) is 18.1 Å². The van der Waals surface area contributed by atoms with E-state index in [1.54, 1.807) is 0 Å². The van der Waals surface area contributed by atoms with E-state index < -0.39 is 0 Å². The van der Waals surface area contributed by atoms with Crippen molar-refractivity contribution in [3.63, 3.8) is 0 Å². The zero-order chi connectivity index (χ0) is 14.2. The Morgan fingerprint density at radius 2 is 1.65 bits per heavy atom. The standard InChI is InChI=1S/C17H25N3/c1-2-10-19-12-14-20(15-13-19)11-4-3-5-16-6-8-17(18)9-7-16/h1,6-9H,3-5,10-15,18H2. The Bertz CT molecular complexity index is 425. The number of unbranched alkanes of at least 4 members (excludes halogenated alkanes) is 1. The van der Waals surface area contributed by atoms with Gasteiger partial charge in [0.25, 0.3) is 0 Å². The summed E-state index contributed by atoms with van der Waals surface area (Å²) >= 11 is 0. The summed E-state index contributed by atoms with van der Waals surface area (Å²) in [6.07, 6.45) is 9.00. The second-order valence-corrected chi connectivity index (χ2v) is 5.52. The number of aryl methyl sites for hydroxylation is 1. The van der Waals surface area contributed by atoms with Crippen LogP contribution in [0.3, 0.4) is 0 Å². The molecule has 108 valence electrons. The summed E-state index contributed by atoms with van der Waals surface area (Å²) in [7, 11) is 0. The van der Waals surface area contributed by atoms with Crippen LogP contribution < -0.4 is 5.73 Å². The van der Waals surface area contributed by atoms with E-state index in [4.69, 9.17) is 12.2 Å². The molecular formula is C17H25N3. The minimum absolute atomic E-state index is 0.797. The van der Waals surface area contributed by atoms with Crippen LogP contribution in [0.2, 0.25) is 0 Å². The minimum atomic E-state index is 0.797. The van der Waals surface area contributed by atoms with Crippen molar-refractivity contribution in [1.82, 2.24) is 9.80 Å². The monoisotopic (exact) mass is 271 g/mol. The molecule has 20 heavy (non-hydrogen) atoms. The molecule has 0 unspecified atom stereocenters. The lowest BCUT2D eigenvalue weighted by Crippen LogP contribution is -2.46. The fourth-order valence-corrected chi connectivity index (χ4v) is 2.65. The SMILES string of the molecule is C#CCN1CCN(CCCCc2ccc(N)cc2)CC1. The molecule has 1 aromatic rings. The van der Waals surface area contributed by atoms with E-state index in [0.717, 1.165) is 44.8 Å². The van der Waals surface area contributed by atoms with E-state index in [1.165, 1.54) is 24.9 Å². The Morgan fingerprint density at radius 1 is 1.00 bits per heavy atom. The third-order valence-corrected chi connectivity index (χ3v) is 3.95. The predicted molar refractivity (Wildman–Crippen MR) is 85.5 cm³/mol. The minimum Gasteiger partial charge on any atom is -0.399 e. The van der Waals surface area contributed by atoms with Gasteiger partial charge in [-0.3, -0.25) is 4.90 Å². The van der Waals surface area contributed by atoms with E-state index in [1.807, 2.05) is 12.1 Å². The molecule has 0 radical (unpaired) electrons. The number of rotatable bonds is 6. The zero-order valence-electron chi connectivity index (χ0n) is 12.2. The highest BCUT2D eigenvalue weighted by Crippen LogP contribution is 2.10. The van der Waals surface area contributed by atoms with E-state index in [2.05, 4.69) is 27.9 Å². The zero-order valence-corrected chi connectivity index (χ0v) is 12.2. The molecule has 1 saturated heterocycles. The Balaban J connectivity index is 1.58. The predicted octanol–water partition coefficient (Wildman–Crippen LogP) is 1.84. The van der Waals surface area contributed by atoms with E-state index >= 15 is 0 Å². The molecule has 0 atom stereocenters. The second-order valence-electron chi connectivity index (χ2n) is 5.52. The quantitative estimate of drug-likeness (QED) is 0.487. The Kier molecular flexibility index (Phi) is 5.91. The molecule has 0 spiro atoms. The molecular weight excluding hydrogens is 246 g/mol. The number of anilines is 1. The molecule has 0 aliphatic carbocycles. The van der Waals surface area contributed by atoms with Crippen LogP contribution in [0.25, 0.3) is 0 Å². The second kappa shape index (κ2) is 7.94. The van der Waals surface area contributed by atoms with Gasteiger partial charge in [0.1, 0.15) is 0 Å². The third kappa shape index (κ3) is 4.88. The van der Waals surface area contributed by atoms with Gasteiger partial charge in [0.2, 0.25) is 0 Å². The van der Waals surface area contributed by atoms with Crippen molar-refractivity contribution in [2.75, 3.05) is 45.0 Å². The van der Waals surface area contributed by atoms with Crippen LogP contribution in [0.4, 0.5) is 5.69 Å². The van der Waals surface area contributed by atoms with Crippen LogP contribution in [-0.2, 0) is 6.42 Å². The topological polar surface area (TPSA) is 32.5 Å². The normalized spacial score (nSPS) is 16.9. The average Bonchev–Trinajstić information content (AvgIpc) is 2.47. The molecule has 3 heteroatoms. The molecule has 1 fully saturated rings. The fourth-order valence-electron chi connectivity index (χ4n) is 2.65. The van der Waals surface area contributed by atoms with Gasteiger partial charge >= 0.3 is 0 Å². The highest BCUT2D eigenvalue weighted by Gasteiger charge is 2.14. The summed E-state index contributed by atoms with van der Waals surface area (Å²) < 4.78 is 0. The summed E-state index contributed by atoms with van der Waals surface area (Å²) in [4.78, 5) is 4.90. The maximum absolute atomic E-state index is 5.69. The highest BCUT2D eigenvalue weighted by atomic mass is 15.3. The number of piperazine rings is 1. The van der Waals surface area contributed by atoms with Crippen LogP contribution in [0, 0.1) is 12.3 Å². The van der Waals surface area contributed by atoms with E-state index in [-0.39, 0.29) is 0 Å². The summed E-state index contributed by atoms with van der Waals surface area (Å²) in [5.41, 5.74) is 7.92. The lowest BCUT2D eigenvalue weighted by molar-refractivity contribution is 0.142. The lowest BCUT2D eigenvalue weighted by atomic mass is 10.1. The Morgan fingerprint density at radius 3 is 2.30 bits per heavy atom. The highest BCUT2D eigenvalue weighted by molar-refractivity contribution is 5.39. The third-order valence-electron chi connectivity index (χ3n) is 3.95. The number of terminal acetylenes is 1. The van der Waals surface area contributed by atoms with Crippen molar-refractivity contribution in [2.24, 2.45) is 0 Å². The van der Waals surface area contributed by atoms with Gasteiger partial charge in [0, 0.05) is 31.9 Å². The first-order chi connectivity index (χ1) is 9.78. The number of hydrogen-bond donors (Lipinski definition) is 1. The van der Waals surface area contributed by atoms with Crippen LogP contribution in [-0.4, -0.2) is 49.1 Å². The summed E-state index contributed by atoms with van der Waals surface area (Å²) in [5, 5.41) is 0. The Labute approximate surface area is 122 Å². The summed E-state index contributed by atoms with van der Waals surface area (Å²) in [6, 6.07) is 8.24. The van der Waals surface area contributed by atoms with Crippen LogP contribution >= 0.6 is 0 Å². The van der Waals surface area contributed by atoms with Crippen molar-refractivity contribution < 1.29 is 0 Å². The van der Waals surface area contributed by atoms with Crippen molar-refractivity contribution in [1.29, 1.82) is 0 Å². The number of hydrogen-bond acceptors (Lipinski definition) is 3. The van der Waals surface area contributed by atoms with E-state index in [9.17, 15) is 0 Å². The van der Waals surface area contributed by atoms with Gasteiger partial charge in [0.15, 0.2) is 0 Å². The van der Waals surface area contributed by atoms with Gasteiger partial charge in [-0.15, -0.1) is 6.42 Å². The summed E-state index contributed by atoms with van der Waals surface area (Å²) in [5.74, 6) is 2.73. The maximum Gasteiger partial charge on any atom is 0.0599 e. The average molecular weight is 271 g/mol. The fraction of sp³-hybridized carbons (Fsp3) is 0.529. The lowest BCUT2D eigenvalue weighted by Gasteiger charge is -2.33. The number of nitrogens with zero attached hydrogens (tertiary/aromatic N) is 2. The molecule has 1 aliphatic rings. The van der Waals surface area contributed by atoms with Crippen molar-refractivity contribution in [3.8, 4) is 12.3 Å². The maximum atomic E-state index is 5.69. The molecule has 0 amide bonds. The molecule has 0 aromatic heterocycles. The molecule has 1 aliphatic heterocycles. The molecule has 1 heterocycles. The first kappa shape index (κ1) is 14.9. The van der Waals surface area contributed by atoms with Crippen LogP contribution in [0.15, 0.2) is 24.3 Å². The number of benzene rings is 1. The Hall–Kier alpha value is -1.50. The van der Waals surface area contributed by atoms with Crippen molar-refractivity contribution >= 4 is 5.69 Å². The first-order valence-corrected chi connectivity index (χ1v) is 7.50. The van der Waals surface area contributed by atoms with Crippen LogP contribution in [0.5, 0.6) is 0 Å². The molecule has 0 bridgehead atoms. The van der Waals surface area contributed by atoms with E-state index in [0.29, 0.717) is 0 Å². The van der Waals surface area contributed by atoms with Gasteiger partial charge in [-0.25, -0.2) is 0 Å². The first-order valence-electron chi connectivity index (χ1n) is 7.50. The summed E-state index contributed by atoms with van der Waals surface area (Å²) in [6.45, 7) is 6.54. The smallest absolute Gasteiger partial charge is 0.0599 e. The van der Waals surface area contributed by atoms with Gasteiger partial charge in [-0.05, 0) is 43.5 Å². The van der Waals surface area contributed by atoms with Gasteiger partial charge in [0.05, 0.1) is 6.54 Å². The molecule has 2 rings (SSSR count). The van der Waals surface area contributed by atoms with Crippen molar-refractivity contribution in [3.05, 3.63) is 29.8 Å². The van der Waals surface area contributed by atoms with Crippen LogP contribution in [0.1, 0.15) is 18.4 Å². The number of nitrogen functional groups attached to an aromatic ring is 1.